The fraction of sp³-hybridized carbons (Fsp3) is 0.692. The average Bonchev–Trinajstić information content (AvgIpc) is 2.87. The van der Waals surface area contributed by atoms with Crippen molar-refractivity contribution >= 4 is 11.3 Å². The van der Waals surface area contributed by atoms with Gasteiger partial charge in [-0.2, -0.15) is 0 Å². The fourth-order valence-corrected chi connectivity index (χ4v) is 3.09. The van der Waals surface area contributed by atoms with Gasteiger partial charge in [-0.1, -0.05) is 20.8 Å². The second-order valence-electron chi connectivity index (χ2n) is 5.52. The molecule has 0 saturated carbocycles. The molecule has 0 aromatic carbocycles. The Morgan fingerprint density at radius 2 is 2.19 bits per heavy atom. The SMILES string of the molecule is CC(C)(C)c1ccc(C(O)C2CCOC2)s1. The van der Waals surface area contributed by atoms with Crippen molar-refractivity contribution in [2.45, 2.75) is 38.7 Å². The van der Waals surface area contributed by atoms with Gasteiger partial charge in [0.15, 0.2) is 0 Å². The van der Waals surface area contributed by atoms with Crippen molar-refractivity contribution in [2.24, 2.45) is 5.92 Å². The third kappa shape index (κ3) is 2.47. The van der Waals surface area contributed by atoms with Gasteiger partial charge in [0.2, 0.25) is 0 Å². The highest BCUT2D eigenvalue weighted by atomic mass is 32.1. The van der Waals surface area contributed by atoms with E-state index in [1.807, 2.05) is 0 Å². The minimum absolute atomic E-state index is 0.175. The molecule has 0 radical (unpaired) electrons. The second-order valence-corrected chi connectivity index (χ2v) is 6.64. The quantitative estimate of drug-likeness (QED) is 0.860. The first-order valence-electron chi connectivity index (χ1n) is 5.84. The number of thiophene rings is 1. The third-order valence-corrected chi connectivity index (χ3v) is 4.65. The Bertz CT molecular complexity index is 345. The van der Waals surface area contributed by atoms with Gasteiger partial charge < -0.3 is 9.84 Å². The molecule has 90 valence electrons. The summed E-state index contributed by atoms with van der Waals surface area (Å²) in [7, 11) is 0. The van der Waals surface area contributed by atoms with E-state index in [0.717, 1.165) is 17.9 Å². The molecule has 1 aromatic heterocycles. The van der Waals surface area contributed by atoms with Gasteiger partial charge >= 0.3 is 0 Å². The van der Waals surface area contributed by atoms with Crippen LogP contribution in [0.5, 0.6) is 0 Å². The molecule has 1 aliphatic rings. The Labute approximate surface area is 101 Å². The number of ether oxygens (including phenoxy) is 1. The molecule has 1 aliphatic heterocycles. The molecule has 1 fully saturated rings. The summed E-state index contributed by atoms with van der Waals surface area (Å²) in [5.74, 6) is 0.284. The summed E-state index contributed by atoms with van der Waals surface area (Å²) in [6.45, 7) is 8.10. The summed E-state index contributed by atoms with van der Waals surface area (Å²) in [5.41, 5.74) is 0.175. The zero-order chi connectivity index (χ0) is 11.8. The molecule has 2 rings (SSSR count). The van der Waals surface area contributed by atoms with Crippen molar-refractivity contribution in [3.63, 3.8) is 0 Å². The van der Waals surface area contributed by atoms with Crippen molar-refractivity contribution in [3.8, 4) is 0 Å². The van der Waals surface area contributed by atoms with Crippen LogP contribution in [0, 0.1) is 5.92 Å². The normalized spacial score (nSPS) is 23.6. The fourth-order valence-electron chi connectivity index (χ4n) is 1.95. The molecular weight excluding hydrogens is 220 g/mol. The molecule has 2 atom stereocenters. The Hall–Kier alpha value is -0.380. The predicted molar refractivity (Wildman–Crippen MR) is 66.9 cm³/mol. The van der Waals surface area contributed by atoms with Gasteiger partial charge in [-0.15, -0.1) is 11.3 Å². The molecule has 0 amide bonds. The molecule has 1 saturated heterocycles. The van der Waals surface area contributed by atoms with Crippen molar-refractivity contribution in [1.82, 2.24) is 0 Å². The summed E-state index contributed by atoms with van der Waals surface area (Å²) >= 11 is 1.73. The molecule has 2 nitrogen and oxygen atoms in total. The molecule has 3 heteroatoms. The molecule has 2 unspecified atom stereocenters. The Morgan fingerprint density at radius 3 is 2.69 bits per heavy atom. The van der Waals surface area contributed by atoms with Crippen molar-refractivity contribution in [3.05, 3.63) is 21.9 Å². The first-order valence-corrected chi connectivity index (χ1v) is 6.66. The first kappa shape index (κ1) is 12.1. The lowest BCUT2D eigenvalue weighted by molar-refractivity contribution is 0.0945. The van der Waals surface area contributed by atoms with Crippen LogP contribution in [0.15, 0.2) is 12.1 Å². The summed E-state index contributed by atoms with van der Waals surface area (Å²) in [6, 6.07) is 4.20. The van der Waals surface area contributed by atoms with Gasteiger partial charge in [0, 0.05) is 22.3 Å². The summed E-state index contributed by atoms with van der Waals surface area (Å²) in [5, 5.41) is 10.2. The van der Waals surface area contributed by atoms with E-state index < -0.39 is 0 Å². The van der Waals surface area contributed by atoms with Crippen molar-refractivity contribution < 1.29 is 9.84 Å². The molecular formula is C13H20O2S. The number of aliphatic hydroxyl groups is 1. The Kier molecular flexibility index (Phi) is 3.38. The van der Waals surface area contributed by atoms with E-state index in [-0.39, 0.29) is 17.4 Å². The zero-order valence-corrected chi connectivity index (χ0v) is 11.0. The zero-order valence-electron chi connectivity index (χ0n) is 10.2. The Morgan fingerprint density at radius 1 is 1.44 bits per heavy atom. The van der Waals surface area contributed by atoms with Crippen LogP contribution in [-0.2, 0) is 10.2 Å². The molecule has 2 heterocycles. The van der Waals surface area contributed by atoms with Crippen LogP contribution in [0.25, 0.3) is 0 Å². The number of hydrogen-bond donors (Lipinski definition) is 1. The van der Waals surface area contributed by atoms with Crippen molar-refractivity contribution in [1.29, 1.82) is 0 Å². The van der Waals surface area contributed by atoms with Crippen LogP contribution >= 0.6 is 11.3 Å². The smallest absolute Gasteiger partial charge is 0.0932 e. The predicted octanol–water partition coefficient (Wildman–Crippen LogP) is 3.12. The molecule has 0 bridgehead atoms. The van der Waals surface area contributed by atoms with E-state index in [9.17, 15) is 5.11 Å². The lowest BCUT2D eigenvalue weighted by Gasteiger charge is -2.17. The summed E-state index contributed by atoms with van der Waals surface area (Å²) < 4.78 is 5.32. The van der Waals surface area contributed by atoms with Gasteiger partial charge in [0.05, 0.1) is 12.7 Å². The van der Waals surface area contributed by atoms with Crippen molar-refractivity contribution in [2.75, 3.05) is 13.2 Å². The first-order chi connectivity index (χ1) is 7.48. The Balaban J connectivity index is 2.12. The maximum Gasteiger partial charge on any atom is 0.0932 e. The van der Waals surface area contributed by atoms with Crippen LogP contribution < -0.4 is 0 Å². The van der Waals surface area contributed by atoms with Crippen LogP contribution in [0.1, 0.15) is 43.1 Å². The van der Waals surface area contributed by atoms with Crippen LogP contribution in [0.2, 0.25) is 0 Å². The lowest BCUT2D eigenvalue weighted by Crippen LogP contribution is -2.11. The molecule has 0 spiro atoms. The minimum atomic E-state index is -0.344. The number of aliphatic hydroxyl groups excluding tert-OH is 1. The van der Waals surface area contributed by atoms with E-state index >= 15 is 0 Å². The lowest BCUT2D eigenvalue weighted by atomic mass is 9.95. The maximum atomic E-state index is 10.2. The van der Waals surface area contributed by atoms with Gasteiger partial charge in [-0.3, -0.25) is 0 Å². The van der Waals surface area contributed by atoms with E-state index in [2.05, 4.69) is 32.9 Å². The highest BCUT2D eigenvalue weighted by Gasteiger charge is 2.27. The number of hydrogen-bond acceptors (Lipinski definition) is 3. The summed E-state index contributed by atoms with van der Waals surface area (Å²) in [4.78, 5) is 2.42. The molecule has 1 aromatic rings. The number of rotatable bonds is 2. The van der Waals surface area contributed by atoms with Gasteiger partial charge in [-0.05, 0) is 24.0 Å². The van der Waals surface area contributed by atoms with Crippen LogP contribution in [0.4, 0.5) is 0 Å². The van der Waals surface area contributed by atoms with Crippen LogP contribution in [0.3, 0.4) is 0 Å². The standard InChI is InChI=1S/C13H20O2S/c1-13(2,3)11-5-4-10(16-11)12(14)9-6-7-15-8-9/h4-5,9,12,14H,6-8H2,1-3H3. The topological polar surface area (TPSA) is 29.5 Å². The van der Waals surface area contributed by atoms with E-state index in [0.29, 0.717) is 6.61 Å². The molecule has 0 aliphatic carbocycles. The van der Waals surface area contributed by atoms with E-state index in [4.69, 9.17) is 4.74 Å². The minimum Gasteiger partial charge on any atom is -0.387 e. The monoisotopic (exact) mass is 240 g/mol. The molecule has 1 N–H and O–H groups in total. The van der Waals surface area contributed by atoms with E-state index in [1.54, 1.807) is 11.3 Å². The second kappa shape index (κ2) is 4.47. The van der Waals surface area contributed by atoms with Gasteiger partial charge in [0.25, 0.3) is 0 Å². The van der Waals surface area contributed by atoms with Gasteiger partial charge in [-0.25, -0.2) is 0 Å². The highest BCUT2D eigenvalue weighted by Crippen LogP contribution is 2.36. The summed E-state index contributed by atoms with van der Waals surface area (Å²) in [6.07, 6.45) is 0.632. The van der Waals surface area contributed by atoms with E-state index in [1.165, 1.54) is 4.88 Å². The van der Waals surface area contributed by atoms with Crippen LogP contribution in [-0.4, -0.2) is 18.3 Å². The average molecular weight is 240 g/mol. The maximum absolute atomic E-state index is 10.2. The molecule has 16 heavy (non-hydrogen) atoms. The van der Waals surface area contributed by atoms with Gasteiger partial charge in [0.1, 0.15) is 0 Å². The third-order valence-electron chi connectivity index (χ3n) is 3.07. The largest absolute Gasteiger partial charge is 0.387 e. The highest BCUT2D eigenvalue weighted by molar-refractivity contribution is 7.12.